The van der Waals surface area contributed by atoms with Crippen molar-refractivity contribution in [3.63, 3.8) is 0 Å². The Morgan fingerprint density at radius 1 is 1.11 bits per heavy atom. The predicted molar refractivity (Wildman–Crippen MR) is 141 cm³/mol. The average Bonchev–Trinajstić information content (AvgIpc) is 3.24. The second-order valence-corrected chi connectivity index (χ2v) is 9.42. The molecule has 11 heteroatoms. The minimum Gasteiger partial charge on any atom is -0.444 e. The predicted octanol–water partition coefficient (Wildman–Crippen LogP) is 3.96. The van der Waals surface area contributed by atoms with Crippen molar-refractivity contribution in [2.45, 2.75) is 45.3 Å². The summed E-state index contributed by atoms with van der Waals surface area (Å²) >= 11 is 0. The van der Waals surface area contributed by atoms with E-state index in [4.69, 9.17) is 9.47 Å². The van der Waals surface area contributed by atoms with Crippen LogP contribution >= 0.6 is 0 Å². The molecule has 2 aromatic carbocycles. The lowest BCUT2D eigenvalue weighted by atomic mass is 10.0. The summed E-state index contributed by atoms with van der Waals surface area (Å²) < 4.78 is 10.7. The number of ether oxygens (including phenoxy) is 2. The van der Waals surface area contributed by atoms with Gasteiger partial charge in [0.1, 0.15) is 17.4 Å². The fourth-order valence-electron chi connectivity index (χ4n) is 3.60. The second kappa shape index (κ2) is 12.5. The summed E-state index contributed by atoms with van der Waals surface area (Å²) in [6, 6.07) is 12.8. The van der Waals surface area contributed by atoms with Crippen LogP contribution < -0.4 is 15.4 Å². The first-order valence-electron chi connectivity index (χ1n) is 12.0. The van der Waals surface area contributed by atoms with Gasteiger partial charge in [0.15, 0.2) is 0 Å². The molecule has 200 valence electrons. The molecule has 0 aliphatic rings. The van der Waals surface area contributed by atoms with E-state index in [1.54, 1.807) is 45.2 Å². The van der Waals surface area contributed by atoms with Gasteiger partial charge in [-0.3, -0.25) is 14.9 Å². The van der Waals surface area contributed by atoms with Gasteiger partial charge in [0.05, 0.1) is 4.92 Å². The molecule has 0 fully saturated rings. The Hall–Kier alpha value is -4.67. The van der Waals surface area contributed by atoms with Crippen LogP contribution in [0, 0.1) is 10.1 Å². The molecule has 0 saturated carbocycles. The van der Waals surface area contributed by atoms with E-state index < -0.39 is 34.5 Å². The van der Waals surface area contributed by atoms with Crippen LogP contribution in [-0.2, 0) is 20.7 Å². The van der Waals surface area contributed by atoms with Gasteiger partial charge in [0.25, 0.3) is 0 Å². The van der Waals surface area contributed by atoms with Crippen molar-refractivity contribution >= 4 is 34.9 Å². The number of hydrogen-bond acceptors (Lipinski definition) is 7. The molecule has 0 aliphatic heterocycles. The maximum atomic E-state index is 13.2. The van der Waals surface area contributed by atoms with Crippen LogP contribution in [0.5, 0.6) is 5.75 Å². The number of H-pyrrole nitrogens is 1. The van der Waals surface area contributed by atoms with Gasteiger partial charge >= 0.3 is 12.1 Å². The fourth-order valence-corrected chi connectivity index (χ4v) is 3.60. The third kappa shape index (κ3) is 8.47. The van der Waals surface area contributed by atoms with Gasteiger partial charge in [-0.1, -0.05) is 36.4 Å². The molecule has 1 aromatic heterocycles. The monoisotopic (exact) mass is 522 g/mol. The Kier molecular flexibility index (Phi) is 9.20. The topological polar surface area (TPSA) is 153 Å². The van der Waals surface area contributed by atoms with Crippen molar-refractivity contribution in [2.75, 3.05) is 6.54 Å². The molecule has 11 nitrogen and oxygen atoms in total. The number of alkyl carbamates (subject to hydrolysis) is 1. The van der Waals surface area contributed by atoms with E-state index in [-0.39, 0.29) is 25.1 Å². The molecule has 1 atom stereocenters. The molecule has 3 rings (SSSR count). The van der Waals surface area contributed by atoms with Crippen LogP contribution in [0.2, 0.25) is 0 Å². The van der Waals surface area contributed by atoms with Gasteiger partial charge in [-0.2, -0.15) is 0 Å². The normalized spacial score (nSPS) is 12.2. The Balaban J connectivity index is 1.74. The van der Waals surface area contributed by atoms with Crippen molar-refractivity contribution < 1.29 is 28.8 Å². The third-order valence-electron chi connectivity index (χ3n) is 5.24. The number of carbonyl (C=O) groups excluding carboxylic acids is 3. The summed E-state index contributed by atoms with van der Waals surface area (Å²) in [5.41, 5.74) is 1.32. The molecule has 0 unspecified atom stereocenters. The summed E-state index contributed by atoms with van der Waals surface area (Å²) in [6.07, 6.45) is 3.10. The SMILES string of the molecule is CC(C)(C)OC(=O)NCCC(=O)N[C@@H](Cc1c[nH]c2ccccc12)C(=O)Oc1ccccc1/C=C/[N+](=O)[O-]. The van der Waals surface area contributed by atoms with Gasteiger partial charge in [-0.15, -0.1) is 0 Å². The number of aromatic nitrogens is 1. The van der Waals surface area contributed by atoms with Crippen LogP contribution in [0.3, 0.4) is 0 Å². The van der Waals surface area contributed by atoms with E-state index in [9.17, 15) is 24.5 Å². The van der Waals surface area contributed by atoms with Crippen molar-refractivity contribution in [3.05, 3.63) is 82.2 Å². The lowest BCUT2D eigenvalue weighted by molar-refractivity contribution is -0.400. The highest BCUT2D eigenvalue weighted by Crippen LogP contribution is 2.22. The zero-order chi connectivity index (χ0) is 27.7. The van der Waals surface area contributed by atoms with Crippen molar-refractivity contribution in [3.8, 4) is 5.75 Å². The minimum atomic E-state index is -1.07. The zero-order valence-corrected chi connectivity index (χ0v) is 21.4. The molecule has 2 amide bonds. The Morgan fingerprint density at radius 3 is 2.55 bits per heavy atom. The lowest BCUT2D eigenvalue weighted by Crippen LogP contribution is -2.45. The molecule has 1 heterocycles. The lowest BCUT2D eigenvalue weighted by Gasteiger charge is -2.20. The van der Waals surface area contributed by atoms with Gasteiger partial charge in [-0.05, 0) is 38.5 Å². The van der Waals surface area contributed by atoms with E-state index in [1.165, 1.54) is 12.1 Å². The number of amides is 2. The van der Waals surface area contributed by atoms with Gasteiger partial charge in [-0.25, -0.2) is 9.59 Å². The first kappa shape index (κ1) is 27.9. The summed E-state index contributed by atoms with van der Waals surface area (Å²) in [5.74, 6) is -1.12. The number of benzene rings is 2. The summed E-state index contributed by atoms with van der Waals surface area (Å²) in [6.45, 7) is 5.19. The molecule has 0 aliphatic carbocycles. The summed E-state index contributed by atoms with van der Waals surface area (Å²) in [7, 11) is 0. The van der Waals surface area contributed by atoms with Crippen molar-refractivity contribution in [1.29, 1.82) is 0 Å². The van der Waals surface area contributed by atoms with E-state index in [2.05, 4.69) is 15.6 Å². The number of esters is 1. The van der Waals surface area contributed by atoms with Gasteiger partial charge in [0, 0.05) is 48.1 Å². The average molecular weight is 523 g/mol. The maximum Gasteiger partial charge on any atom is 0.407 e. The molecular weight excluding hydrogens is 492 g/mol. The molecule has 3 N–H and O–H groups in total. The zero-order valence-electron chi connectivity index (χ0n) is 21.4. The van der Waals surface area contributed by atoms with Crippen molar-refractivity contribution in [2.24, 2.45) is 0 Å². The molecule has 3 aromatic rings. The summed E-state index contributed by atoms with van der Waals surface area (Å²) in [5, 5.41) is 16.8. The van der Waals surface area contributed by atoms with E-state index in [0.29, 0.717) is 5.56 Å². The van der Waals surface area contributed by atoms with Crippen LogP contribution in [0.4, 0.5) is 4.79 Å². The van der Waals surface area contributed by atoms with Crippen molar-refractivity contribution in [1.82, 2.24) is 15.6 Å². The molecule has 0 bridgehead atoms. The number of aromatic amines is 1. The largest absolute Gasteiger partial charge is 0.444 e. The Bertz CT molecular complexity index is 1340. The van der Waals surface area contributed by atoms with E-state index in [1.807, 2.05) is 24.3 Å². The minimum absolute atomic E-state index is 0.00409. The molecule has 0 saturated heterocycles. The second-order valence-electron chi connectivity index (χ2n) is 9.42. The highest BCUT2D eigenvalue weighted by Gasteiger charge is 2.25. The smallest absolute Gasteiger partial charge is 0.407 e. The molecule has 38 heavy (non-hydrogen) atoms. The maximum absolute atomic E-state index is 13.2. The molecular formula is C27H30N4O7. The number of nitrogens with zero attached hydrogens (tertiary/aromatic N) is 1. The molecule has 0 spiro atoms. The molecule has 0 radical (unpaired) electrons. The highest BCUT2D eigenvalue weighted by molar-refractivity contribution is 5.88. The first-order chi connectivity index (χ1) is 18.0. The van der Waals surface area contributed by atoms with Gasteiger partial charge in [0.2, 0.25) is 12.1 Å². The number of carbonyl (C=O) groups is 3. The Labute approximate surface area is 219 Å². The highest BCUT2D eigenvalue weighted by atomic mass is 16.6. The van der Waals surface area contributed by atoms with Crippen LogP contribution in [0.15, 0.2) is 60.9 Å². The Morgan fingerprint density at radius 2 is 1.82 bits per heavy atom. The van der Waals surface area contributed by atoms with Gasteiger partial charge < -0.3 is 25.1 Å². The fraction of sp³-hybridized carbons (Fsp3) is 0.296. The van der Waals surface area contributed by atoms with E-state index in [0.717, 1.165) is 22.7 Å². The first-order valence-corrected chi connectivity index (χ1v) is 12.0. The van der Waals surface area contributed by atoms with Crippen LogP contribution in [-0.4, -0.2) is 46.1 Å². The number of hydrogen-bond donors (Lipinski definition) is 3. The van der Waals surface area contributed by atoms with Crippen LogP contribution in [0.1, 0.15) is 38.3 Å². The summed E-state index contributed by atoms with van der Waals surface area (Å²) in [4.78, 5) is 51.1. The number of nitro groups is 1. The number of para-hydroxylation sites is 2. The third-order valence-corrected chi connectivity index (χ3v) is 5.24. The van der Waals surface area contributed by atoms with E-state index >= 15 is 0 Å². The quantitative estimate of drug-likeness (QED) is 0.158. The number of rotatable bonds is 10. The van der Waals surface area contributed by atoms with Crippen LogP contribution in [0.25, 0.3) is 17.0 Å². The standard InChI is InChI=1S/C27H30N4O7/c1-27(2,3)38-26(34)28-14-12-24(32)30-22(16-19-17-29-21-10-6-5-9-20(19)21)25(33)37-23-11-7-4-8-18(23)13-15-31(35)36/h4-11,13,15,17,22,29H,12,14,16H2,1-3H3,(H,28,34)(H,30,32)/b15-13+/t22-/m0/s1. The number of nitrogens with one attached hydrogen (secondary N) is 3. The number of fused-ring (bicyclic) bond motifs is 1.